The van der Waals surface area contributed by atoms with Crippen molar-refractivity contribution in [2.75, 3.05) is 0 Å². The normalized spacial score (nSPS) is 12.5. The van der Waals surface area contributed by atoms with Gasteiger partial charge in [0.1, 0.15) is 0 Å². The van der Waals surface area contributed by atoms with E-state index in [1.165, 1.54) is 0 Å². The zero-order chi connectivity index (χ0) is 7.56. The van der Waals surface area contributed by atoms with E-state index >= 15 is 0 Å². The van der Waals surface area contributed by atoms with Gasteiger partial charge in [0.15, 0.2) is 0 Å². The minimum atomic E-state index is 0.126. The highest BCUT2D eigenvalue weighted by atomic mass is 15.0. The topological polar surface area (TPSA) is 17.8 Å². The third-order valence-electron chi connectivity index (χ3n) is 1.42. The molecule has 1 unspecified atom stereocenters. The van der Waals surface area contributed by atoms with Crippen LogP contribution in [0.25, 0.3) is 0 Å². The molecule has 0 aliphatic rings. The summed E-state index contributed by atoms with van der Waals surface area (Å²) in [5, 5.41) is 0. The summed E-state index contributed by atoms with van der Waals surface area (Å²) in [5.41, 5.74) is 0.963. The Morgan fingerprint density at radius 2 is 2.50 bits per heavy atom. The van der Waals surface area contributed by atoms with Crippen LogP contribution in [-0.4, -0.2) is 9.55 Å². The molecule has 1 aromatic heterocycles. The summed E-state index contributed by atoms with van der Waals surface area (Å²) in [6, 6.07) is 0. The molecule has 0 amide bonds. The zero-order valence-corrected chi connectivity index (χ0v) is 6.20. The number of aromatic nitrogens is 2. The van der Waals surface area contributed by atoms with E-state index in [1.807, 2.05) is 24.7 Å². The van der Waals surface area contributed by atoms with E-state index in [2.05, 4.69) is 10.9 Å². The molecule has 0 aliphatic carbocycles. The van der Waals surface area contributed by atoms with Crippen LogP contribution in [0.15, 0.2) is 12.5 Å². The zero-order valence-electron chi connectivity index (χ0n) is 6.20. The molecular weight excluding hydrogens is 124 g/mol. The van der Waals surface area contributed by atoms with Gasteiger partial charge in [0.05, 0.1) is 17.9 Å². The predicted octanol–water partition coefficient (Wildman–Crippen LogP) is 1.16. The fourth-order valence-corrected chi connectivity index (χ4v) is 0.742. The van der Waals surface area contributed by atoms with Crippen LogP contribution in [0.2, 0.25) is 0 Å². The monoisotopic (exact) mass is 134 g/mol. The van der Waals surface area contributed by atoms with Crippen molar-refractivity contribution < 1.29 is 0 Å². The molecule has 0 saturated heterocycles. The van der Waals surface area contributed by atoms with Crippen molar-refractivity contribution in [1.29, 1.82) is 0 Å². The van der Waals surface area contributed by atoms with E-state index in [0.29, 0.717) is 0 Å². The molecule has 0 aromatic carbocycles. The van der Waals surface area contributed by atoms with Gasteiger partial charge >= 0.3 is 0 Å². The molecule has 10 heavy (non-hydrogen) atoms. The summed E-state index contributed by atoms with van der Waals surface area (Å²) in [6.45, 7) is 1.96. The van der Waals surface area contributed by atoms with Crippen molar-refractivity contribution in [2.24, 2.45) is 7.05 Å². The first-order chi connectivity index (χ1) is 4.74. The van der Waals surface area contributed by atoms with Crippen LogP contribution in [-0.2, 0) is 7.05 Å². The number of hydrogen-bond acceptors (Lipinski definition) is 1. The Hall–Kier alpha value is -1.23. The largest absolute Gasteiger partial charge is 0.340 e. The van der Waals surface area contributed by atoms with E-state index in [9.17, 15) is 0 Å². The van der Waals surface area contributed by atoms with Crippen molar-refractivity contribution in [2.45, 2.75) is 12.8 Å². The van der Waals surface area contributed by atoms with Gasteiger partial charge in [0.2, 0.25) is 0 Å². The lowest BCUT2D eigenvalue weighted by atomic mass is 10.1. The maximum Gasteiger partial charge on any atom is 0.0947 e. The minimum absolute atomic E-state index is 0.126. The van der Waals surface area contributed by atoms with E-state index in [1.54, 1.807) is 6.33 Å². The summed E-state index contributed by atoms with van der Waals surface area (Å²) >= 11 is 0. The molecule has 52 valence electrons. The van der Waals surface area contributed by atoms with E-state index < -0.39 is 0 Å². The van der Waals surface area contributed by atoms with Crippen LogP contribution in [0.5, 0.6) is 0 Å². The van der Waals surface area contributed by atoms with Crippen molar-refractivity contribution in [3.63, 3.8) is 0 Å². The second-order valence-electron chi connectivity index (χ2n) is 2.35. The third kappa shape index (κ3) is 1.19. The molecule has 0 aliphatic heterocycles. The molecule has 0 spiro atoms. The first-order valence-corrected chi connectivity index (χ1v) is 3.18. The number of imidazole rings is 1. The lowest BCUT2D eigenvalue weighted by Gasteiger charge is -1.94. The molecule has 1 aromatic rings. The standard InChI is InChI=1S/C8H10N2/c1-4-7(2)8-5-10(3)6-9-8/h1,5-7H,2-3H3. The Labute approximate surface area is 60.9 Å². The number of rotatable bonds is 1. The molecular formula is C8H10N2. The molecule has 0 N–H and O–H groups in total. The van der Waals surface area contributed by atoms with Gasteiger partial charge in [-0.2, -0.15) is 0 Å². The van der Waals surface area contributed by atoms with Crippen LogP contribution in [0.4, 0.5) is 0 Å². The highest BCUT2D eigenvalue weighted by molar-refractivity contribution is 5.14. The lowest BCUT2D eigenvalue weighted by Crippen LogP contribution is -1.88. The Kier molecular flexibility index (Phi) is 1.77. The molecule has 0 radical (unpaired) electrons. The lowest BCUT2D eigenvalue weighted by molar-refractivity contribution is 0.908. The van der Waals surface area contributed by atoms with Crippen LogP contribution in [0.3, 0.4) is 0 Å². The first-order valence-electron chi connectivity index (χ1n) is 3.18. The second-order valence-corrected chi connectivity index (χ2v) is 2.35. The Bertz CT molecular complexity index is 254. The van der Waals surface area contributed by atoms with Crippen molar-refractivity contribution >= 4 is 0 Å². The van der Waals surface area contributed by atoms with Crippen molar-refractivity contribution in [3.8, 4) is 12.3 Å². The van der Waals surface area contributed by atoms with Crippen LogP contribution >= 0.6 is 0 Å². The Morgan fingerprint density at radius 1 is 1.80 bits per heavy atom. The fraction of sp³-hybridized carbons (Fsp3) is 0.375. The van der Waals surface area contributed by atoms with Gasteiger partial charge in [-0.25, -0.2) is 4.98 Å². The molecule has 1 heterocycles. The first kappa shape index (κ1) is 6.88. The molecule has 0 saturated carbocycles. The van der Waals surface area contributed by atoms with Gasteiger partial charge in [-0.1, -0.05) is 5.92 Å². The maximum atomic E-state index is 5.21. The summed E-state index contributed by atoms with van der Waals surface area (Å²) in [4.78, 5) is 4.11. The minimum Gasteiger partial charge on any atom is -0.340 e. The number of nitrogens with zero attached hydrogens (tertiary/aromatic N) is 2. The molecule has 0 fully saturated rings. The van der Waals surface area contributed by atoms with Gasteiger partial charge in [-0.05, 0) is 6.92 Å². The number of hydrogen-bond donors (Lipinski definition) is 0. The smallest absolute Gasteiger partial charge is 0.0947 e. The summed E-state index contributed by atoms with van der Waals surface area (Å²) < 4.78 is 1.89. The SMILES string of the molecule is C#CC(C)c1cn(C)cn1. The van der Waals surface area contributed by atoms with Gasteiger partial charge in [-0.15, -0.1) is 6.42 Å². The third-order valence-corrected chi connectivity index (χ3v) is 1.42. The molecule has 2 nitrogen and oxygen atoms in total. The van der Waals surface area contributed by atoms with Crippen LogP contribution < -0.4 is 0 Å². The van der Waals surface area contributed by atoms with Crippen molar-refractivity contribution in [1.82, 2.24) is 9.55 Å². The molecule has 0 bridgehead atoms. The van der Waals surface area contributed by atoms with Crippen molar-refractivity contribution in [3.05, 3.63) is 18.2 Å². The van der Waals surface area contributed by atoms with Gasteiger partial charge in [-0.3, -0.25) is 0 Å². The van der Waals surface area contributed by atoms with E-state index in [4.69, 9.17) is 6.42 Å². The second kappa shape index (κ2) is 2.57. The molecule has 1 rings (SSSR count). The van der Waals surface area contributed by atoms with E-state index in [0.717, 1.165) is 5.69 Å². The summed E-state index contributed by atoms with van der Waals surface area (Å²) in [5.74, 6) is 2.74. The number of terminal acetylenes is 1. The predicted molar refractivity (Wildman–Crippen MR) is 40.5 cm³/mol. The molecule has 1 atom stereocenters. The average molecular weight is 134 g/mol. The van der Waals surface area contributed by atoms with Crippen LogP contribution in [0.1, 0.15) is 18.5 Å². The van der Waals surface area contributed by atoms with Gasteiger partial charge < -0.3 is 4.57 Å². The molecule has 2 heteroatoms. The fourth-order valence-electron chi connectivity index (χ4n) is 0.742. The number of aryl methyl sites for hydroxylation is 1. The van der Waals surface area contributed by atoms with Gasteiger partial charge in [0.25, 0.3) is 0 Å². The summed E-state index contributed by atoms with van der Waals surface area (Å²) in [7, 11) is 1.93. The highest BCUT2D eigenvalue weighted by Crippen LogP contribution is 2.09. The van der Waals surface area contributed by atoms with E-state index in [-0.39, 0.29) is 5.92 Å². The average Bonchev–Trinajstić information content (AvgIpc) is 2.34. The Morgan fingerprint density at radius 3 is 2.90 bits per heavy atom. The summed E-state index contributed by atoms with van der Waals surface area (Å²) in [6.07, 6.45) is 8.90. The maximum absolute atomic E-state index is 5.21. The Balaban J connectivity index is 2.87. The quantitative estimate of drug-likeness (QED) is 0.527. The highest BCUT2D eigenvalue weighted by Gasteiger charge is 2.02. The van der Waals surface area contributed by atoms with Crippen LogP contribution in [0, 0.1) is 12.3 Å². The van der Waals surface area contributed by atoms with Gasteiger partial charge in [0, 0.05) is 13.2 Å².